The molecule has 2 rings (SSSR count). The molecule has 2 aromatic carbocycles. The zero-order valence-electron chi connectivity index (χ0n) is 9.88. The van der Waals surface area contributed by atoms with Gasteiger partial charge in [0.25, 0.3) is 0 Å². The maximum absolute atomic E-state index is 11.0. The van der Waals surface area contributed by atoms with Gasteiger partial charge in [0, 0.05) is 0 Å². The Hall–Kier alpha value is -2.49. The van der Waals surface area contributed by atoms with Crippen molar-refractivity contribution in [3.8, 4) is 11.5 Å². The van der Waals surface area contributed by atoms with Crippen LogP contribution in [0.3, 0.4) is 0 Å². The monoisotopic (exact) mass is 243 g/mol. The molecule has 0 amide bonds. The van der Waals surface area contributed by atoms with Crippen molar-refractivity contribution in [2.24, 2.45) is 0 Å². The van der Waals surface area contributed by atoms with E-state index in [0.29, 0.717) is 11.4 Å². The van der Waals surface area contributed by atoms with E-state index in [-0.39, 0.29) is 11.3 Å². The summed E-state index contributed by atoms with van der Waals surface area (Å²) >= 11 is 0. The molecule has 0 spiro atoms. The highest BCUT2D eigenvalue weighted by Crippen LogP contribution is 2.30. The van der Waals surface area contributed by atoms with Crippen LogP contribution >= 0.6 is 0 Å². The summed E-state index contributed by atoms with van der Waals surface area (Å²) in [5, 5.41) is 9.05. The quantitative estimate of drug-likeness (QED) is 0.812. The lowest BCUT2D eigenvalue weighted by atomic mass is 10.2. The Labute approximate surface area is 105 Å². The molecule has 0 bridgehead atoms. The molecule has 18 heavy (non-hydrogen) atoms. The second-order valence-electron chi connectivity index (χ2n) is 3.94. The number of para-hydroxylation sites is 1. The number of carboxylic acid groups (broad SMARTS) is 1. The third-order valence-corrected chi connectivity index (χ3v) is 2.50. The molecule has 4 nitrogen and oxygen atoms in total. The van der Waals surface area contributed by atoms with Crippen LogP contribution in [0.5, 0.6) is 11.5 Å². The van der Waals surface area contributed by atoms with Gasteiger partial charge in [0.2, 0.25) is 0 Å². The lowest BCUT2D eigenvalue weighted by Crippen LogP contribution is -2.00. The van der Waals surface area contributed by atoms with Crippen LogP contribution in [0, 0.1) is 6.92 Å². The number of ether oxygens (including phenoxy) is 1. The number of anilines is 1. The van der Waals surface area contributed by atoms with E-state index in [4.69, 9.17) is 15.6 Å². The Bertz CT molecular complexity index is 593. The van der Waals surface area contributed by atoms with Crippen LogP contribution in [0.15, 0.2) is 42.5 Å². The minimum absolute atomic E-state index is 0.109. The summed E-state index contributed by atoms with van der Waals surface area (Å²) in [5.74, 6) is -0.300. The van der Waals surface area contributed by atoms with Crippen LogP contribution in [0.25, 0.3) is 0 Å². The van der Waals surface area contributed by atoms with Gasteiger partial charge in [0.05, 0.1) is 5.69 Å². The van der Waals surface area contributed by atoms with E-state index >= 15 is 0 Å². The third kappa shape index (κ3) is 2.43. The molecule has 0 radical (unpaired) electrons. The molecular weight excluding hydrogens is 230 g/mol. The first kappa shape index (κ1) is 12.0. The van der Waals surface area contributed by atoms with Gasteiger partial charge in [0.1, 0.15) is 17.1 Å². The van der Waals surface area contributed by atoms with Crippen molar-refractivity contribution in [2.45, 2.75) is 6.92 Å². The average Bonchev–Trinajstić information content (AvgIpc) is 2.33. The zero-order valence-corrected chi connectivity index (χ0v) is 9.88. The van der Waals surface area contributed by atoms with E-state index in [0.717, 1.165) is 5.56 Å². The highest BCUT2D eigenvalue weighted by molar-refractivity contribution is 5.91. The topological polar surface area (TPSA) is 72.5 Å². The SMILES string of the molecule is Cc1ccc(Oc2ccccc2C(=O)O)c(N)c1. The lowest BCUT2D eigenvalue weighted by Gasteiger charge is -2.10. The number of hydrogen-bond acceptors (Lipinski definition) is 3. The van der Waals surface area contributed by atoms with Gasteiger partial charge < -0.3 is 15.6 Å². The van der Waals surface area contributed by atoms with Crippen LogP contribution in [0.2, 0.25) is 0 Å². The van der Waals surface area contributed by atoms with Crippen LogP contribution < -0.4 is 10.5 Å². The fourth-order valence-corrected chi connectivity index (χ4v) is 1.61. The summed E-state index contributed by atoms with van der Waals surface area (Å²) in [6, 6.07) is 11.8. The number of nitrogens with two attached hydrogens (primary N) is 1. The first-order valence-corrected chi connectivity index (χ1v) is 5.44. The highest BCUT2D eigenvalue weighted by Gasteiger charge is 2.12. The van der Waals surface area contributed by atoms with Crippen LogP contribution in [0.1, 0.15) is 15.9 Å². The minimum atomic E-state index is -1.03. The van der Waals surface area contributed by atoms with Crippen molar-refractivity contribution in [1.82, 2.24) is 0 Å². The summed E-state index contributed by atoms with van der Waals surface area (Å²) in [6.45, 7) is 1.92. The molecular formula is C14H13NO3. The molecule has 0 saturated heterocycles. The van der Waals surface area contributed by atoms with Crippen molar-refractivity contribution in [2.75, 3.05) is 5.73 Å². The number of benzene rings is 2. The summed E-state index contributed by atoms with van der Waals surface area (Å²) in [6.07, 6.45) is 0. The Morgan fingerprint density at radius 2 is 1.89 bits per heavy atom. The molecule has 0 aliphatic rings. The van der Waals surface area contributed by atoms with Crippen LogP contribution in [0.4, 0.5) is 5.69 Å². The van der Waals surface area contributed by atoms with Crippen molar-refractivity contribution >= 4 is 11.7 Å². The first-order valence-electron chi connectivity index (χ1n) is 5.44. The number of rotatable bonds is 3. The second kappa shape index (κ2) is 4.79. The van der Waals surface area contributed by atoms with Crippen molar-refractivity contribution in [3.05, 3.63) is 53.6 Å². The van der Waals surface area contributed by atoms with Crippen molar-refractivity contribution in [1.29, 1.82) is 0 Å². The van der Waals surface area contributed by atoms with Gasteiger partial charge in [-0.15, -0.1) is 0 Å². The number of aryl methyl sites for hydroxylation is 1. The average molecular weight is 243 g/mol. The van der Waals surface area contributed by atoms with E-state index in [9.17, 15) is 4.79 Å². The molecule has 3 N–H and O–H groups in total. The van der Waals surface area contributed by atoms with Crippen molar-refractivity contribution in [3.63, 3.8) is 0 Å². The van der Waals surface area contributed by atoms with Gasteiger partial charge in [-0.3, -0.25) is 0 Å². The maximum Gasteiger partial charge on any atom is 0.339 e. The molecule has 0 saturated carbocycles. The molecule has 0 fully saturated rings. The number of nitrogen functional groups attached to an aromatic ring is 1. The molecule has 92 valence electrons. The lowest BCUT2D eigenvalue weighted by molar-refractivity contribution is 0.0694. The van der Waals surface area contributed by atoms with Gasteiger partial charge >= 0.3 is 5.97 Å². The standard InChI is InChI=1S/C14H13NO3/c1-9-6-7-13(11(15)8-9)18-12-5-3-2-4-10(12)14(16)17/h2-8H,15H2,1H3,(H,16,17). The number of aromatic carboxylic acids is 1. The molecule has 0 atom stereocenters. The minimum Gasteiger partial charge on any atom is -0.478 e. The van der Waals surface area contributed by atoms with Gasteiger partial charge in [-0.25, -0.2) is 4.79 Å². The number of carboxylic acids is 1. The van der Waals surface area contributed by atoms with E-state index in [1.54, 1.807) is 30.3 Å². The van der Waals surface area contributed by atoms with Gasteiger partial charge in [-0.1, -0.05) is 18.2 Å². The van der Waals surface area contributed by atoms with Crippen LogP contribution in [-0.2, 0) is 0 Å². The second-order valence-corrected chi connectivity index (χ2v) is 3.94. The molecule has 4 heteroatoms. The smallest absolute Gasteiger partial charge is 0.339 e. The van der Waals surface area contributed by atoms with Gasteiger partial charge in [-0.05, 0) is 36.8 Å². The first-order chi connectivity index (χ1) is 8.58. The fourth-order valence-electron chi connectivity index (χ4n) is 1.61. The van der Waals surface area contributed by atoms with E-state index in [1.165, 1.54) is 6.07 Å². The molecule has 0 heterocycles. The van der Waals surface area contributed by atoms with E-state index in [1.807, 2.05) is 13.0 Å². The Morgan fingerprint density at radius 1 is 1.17 bits per heavy atom. The summed E-state index contributed by atoms with van der Waals surface area (Å²) in [4.78, 5) is 11.0. The third-order valence-electron chi connectivity index (χ3n) is 2.50. The molecule has 0 unspecified atom stereocenters. The zero-order chi connectivity index (χ0) is 13.1. The molecule has 0 aliphatic carbocycles. The van der Waals surface area contributed by atoms with Crippen molar-refractivity contribution < 1.29 is 14.6 Å². The summed E-state index contributed by atoms with van der Waals surface area (Å²) < 4.78 is 5.55. The predicted molar refractivity (Wildman–Crippen MR) is 69.1 cm³/mol. The Morgan fingerprint density at radius 3 is 2.56 bits per heavy atom. The van der Waals surface area contributed by atoms with E-state index < -0.39 is 5.97 Å². The largest absolute Gasteiger partial charge is 0.478 e. The Balaban J connectivity index is 2.37. The fraction of sp³-hybridized carbons (Fsp3) is 0.0714. The maximum atomic E-state index is 11.0. The normalized spacial score (nSPS) is 10.1. The summed E-state index contributed by atoms with van der Waals surface area (Å²) in [7, 11) is 0. The highest BCUT2D eigenvalue weighted by atomic mass is 16.5. The number of hydrogen-bond donors (Lipinski definition) is 2. The number of carbonyl (C=O) groups is 1. The predicted octanol–water partition coefficient (Wildman–Crippen LogP) is 3.07. The Kier molecular flexibility index (Phi) is 3.19. The molecule has 2 aromatic rings. The molecule has 0 aliphatic heterocycles. The summed E-state index contributed by atoms with van der Waals surface area (Å²) in [5.41, 5.74) is 7.43. The molecule has 0 aromatic heterocycles. The van der Waals surface area contributed by atoms with E-state index in [2.05, 4.69) is 0 Å². The van der Waals surface area contributed by atoms with Gasteiger partial charge in [0.15, 0.2) is 0 Å². The van der Waals surface area contributed by atoms with Gasteiger partial charge in [-0.2, -0.15) is 0 Å². The van der Waals surface area contributed by atoms with Crippen LogP contribution in [-0.4, -0.2) is 11.1 Å².